The van der Waals surface area contributed by atoms with Gasteiger partial charge in [0.15, 0.2) is 0 Å². The van der Waals surface area contributed by atoms with Gasteiger partial charge < -0.3 is 15.0 Å². The van der Waals surface area contributed by atoms with Crippen LogP contribution < -0.4 is 10.1 Å². The predicted molar refractivity (Wildman–Crippen MR) is 99.4 cm³/mol. The molecular formula is C21H26N2O2. The first-order valence-corrected chi connectivity index (χ1v) is 9.03. The van der Waals surface area contributed by atoms with Gasteiger partial charge in [0, 0.05) is 19.6 Å². The van der Waals surface area contributed by atoms with Crippen molar-refractivity contribution >= 4 is 6.03 Å². The minimum atomic E-state index is 0.0267. The average molecular weight is 338 g/mol. The Morgan fingerprint density at radius 1 is 1.08 bits per heavy atom. The molecule has 0 spiro atoms. The summed E-state index contributed by atoms with van der Waals surface area (Å²) in [5.41, 5.74) is 2.22. The van der Waals surface area contributed by atoms with E-state index in [1.807, 2.05) is 66.4 Å². The number of hydrogen-bond donors (Lipinski definition) is 1. The van der Waals surface area contributed by atoms with E-state index in [4.69, 9.17) is 4.74 Å². The van der Waals surface area contributed by atoms with Crippen LogP contribution in [0.15, 0.2) is 54.6 Å². The molecule has 2 amide bonds. The Bertz CT molecular complexity index is 666. The van der Waals surface area contributed by atoms with E-state index < -0.39 is 0 Å². The molecule has 0 aromatic heterocycles. The Balaban J connectivity index is 1.44. The van der Waals surface area contributed by atoms with Crippen LogP contribution in [0.25, 0.3) is 0 Å². The van der Waals surface area contributed by atoms with Crippen LogP contribution >= 0.6 is 0 Å². The molecular weight excluding hydrogens is 312 g/mol. The SMILES string of the molecule is CCN(CC1CC1)C(=O)NCc1ccc(OCc2ccccc2)cc1. The van der Waals surface area contributed by atoms with Crippen LogP contribution in [-0.4, -0.2) is 24.0 Å². The molecule has 2 aromatic carbocycles. The van der Waals surface area contributed by atoms with E-state index in [1.165, 1.54) is 12.8 Å². The van der Waals surface area contributed by atoms with E-state index >= 15 is 0 Å². The van der Waals surface area contributed by atoms with Crippen molar-refractivity contribution in [1.29, 1.82) is 0 Å². The summed E-state index contributed by atoms with van der Waals surface area (Å²) in [4.78, 5) is 14.1. The van der Waals surface area contributed by atoms with Crippen LogP contribution in [0.5, 0.6) is 5.75 Å². The first-order chi connectivity index (χ1) is 12.2. The number of hydrogen-bond acceptors (Lipinski definition) is 2. The minimum Gasteiger partial charge on any atom is -0.489 e. The number of nitrogens with one attached hydrogen (secondary N) is 1. The largest absolute Gasteiger partial charge is 0.489 e. The molecule has 25 heavy (non-hydrogen) atoms. The Kier molecular flexibility index (Phi) is 5.94. The molecule has 0 saturated heterocycles. The molecule has 1 saturated carbocycles. The van der Waals surface area contributed by atoms with Crippen LogP contribution in [0.2, 0.25) is 0 Å². The van der Waals surface area contributed by atoms with Gasteiger partial charge in [-0.1, -0.05) is 42.5 Å². The lowest BCUT2D eigenvalue weighted by atomic mass is 10.2. The van der Waals surface area contributed by atoms with E-state index in [0.717, 1.165) is 30.0 Å². The zero-order valence-corrected chi connectivity index (χ0v) is 14.8. The summed E-state index contributed by atoms with van der Waals surface area (Å²) in [7, 11) is 0. The number of carbonyl (C=O) groups is 1. The number of ether oxygens (including phenoxy) is 1. The second-order valence-electron chi connectivity index (χ2n) is 6.56. The molecule has 1 N–H and O–H groups in total. The first kappa shape index (κ1) is 17.3. The third kappa shape index (κ3) is 5.52. The predicted octanol–water partition coefficient (Wildman–Crippen LogP) is 4.21. The minimum absolute atomic E-state index is 0.0267. The summed E-state index contributed by atoms with van der Waals surface area (Å²) < 4.78 is 5.78. The summed E-state index contributed by atoms with van der Waals surface area (Å²) >= 11 is 0. The summed E-state index contributed by atoms with van der Waals surface area (Å²) in [5.74, 6) is 1.55. The molecule has 4 nitrogen and oxygen atoms in total. The average Bonchev–Trinajstić information content (AvgIpc) is 3.48. The van der Waals surface area contributed by atoms with Crippen LogP contribution in [0, 0.1) is 5.92 Å². The molecule has 1 fully saturated rings. The van der Waals surface area contributed by atoms with Crippen molar-refractivity contribution in [3.63, 3.8) is 0 Å². The highest BCUT2D eigenvalue weighted by molar-refractivity contribution is 5.74. The topological polar surface area (TPSA) is 41.6 Å². The van der Waals surface area contributed by atoms with Crippen molar-refractivity contribution in [3.05, 3.63) is 65.7 Å². The Labute approximate surface area is 149 Å². The van der Waals surface area contributed by atoms with Gasteiger partial charge in [-0.25, -0.2) is 4.79 Å². The second-order valence-corrected chi connectivity index (χ2v) is 6.56. The third-order valence-electron chi connectivity index (χ3n) is 4.46. The number of nitrogens with zero attached hydrogens (tertiary/aromatic N) is 1. The summed E-state index contributed by atoms with van der Waals surface area (Å²) in [6, 6.07) is 18.0. The third-order valence-corrected chi connectivity index (χ3v) is 4.46. The second kappa shape index (κ2) is 8.56. The van der Waals surface area contributed by atoms with Crippen molar-refractivity contribution in [1.82, 2.24) is 10.2 Å². The number of benzene rings is 2. The van der Waals surface area contributed by atoms with Gasteiger partial charge in [0.1, 0.15) is 12.4 Å². The van der Waals surface area contributed by atoms with Gasteiger partial charge in [0.05, 0.1) is 0 Å². The Morgan fingerprint density at radius 2 is 1.80 bits per heavy atom. The fraction of sp³-hybridized carbons (Fsp3) is 0.381. The zero-order chi connectivity index (χ0) is 17.5. The number of carbonyl (C=O) groups excluding carboxylic acids is 1. The molecule has 0 heterocycles. The maximum atomic E-state index is 12.2. The summed E-state index contributed by atoms with van der Waals surface area (Å²) in [5, 5.41) is 3.01. The van der Waals surface area contributed by atoms with Gasteiger partial charge >= 0.3 is 6.03 Å². The molecule has 1 aliphatic carbocycles. The smallest absolute Gasteiger partial charge is 0.317 e. The molecule has 0 aliphatic heterocycles. The van der Waals surface area contributed by atoms with Crippen LogP contribution in [-0.2, 0) is 13.2 Å². The van der Waals surface area contributed by atoms with E-state index in [-0.39, 0.29) is 6.03 Å². The standard InChI is InChI=1S/C21H26N2O2/c1-2-23(15-18-8-9-18)21(24)22-14-17-10-12-20(13-11-17)25-16-19-6-4-3-5-7-19/h3-7,10-13,18H,2,8-9,14-16H2,1H3,(H,22,24). The summed E-state index contributed by atoms with van der Waals surface area (Å²) in [6.45, 7) is 4.77. The van der Waals surface area contributed by atoms with Gasteiger partial charge in [-0.2, -0.15) is 0 Å². The van der Waals surface area contributed by atoms with Crippen molar-refractivity contribution in [3.8, 4) is 5.75 Å². The molecule has 132 valence electrons. The number of amides is 2. The highest BCUT2D eigenvalue weighted by atomic mass is 16.5. The van der Waals surface area contributed by atoms with Gasteiger partial charge in [0.2, 0.25) is 0 Å². The maximum absolute atomic E-state index is 12.2. The molecule has 0 bridgehead atoms. The quantitative estimate of drug-likeness (QED) is 0.783. The van der Waals surface area contributed by atoms with Gasteiger partial charge in [-0.15, -0.1) is 0 Å². The fourth-order valence-corrected chi connectivity index (χ4v) is 2.70. The van der Waals surface area contributed by atoms with E-state index in [0.29, 0.717) is 19.1 Å². The zero-order valence-electron chi connectivity index (χ0n) is 14.8. The number of urea groups is 1. The van der Waals surface area contributed by atoms with Crippen LogP contribution in [0.4, 0.5) is 4.79 Å². The maximum Gasteiger partial charge on any atom is 0.317 e. The normalized spacial score (nSPS) is 13.3. The lowest BCUT2D eigenvalue weighted by Crippen LogP contribution is -2.40. The van der Waals surface area contributed by atoms with Crippen molar-refractivity contribution < 1.29 is 9.53 Å². The lowest BCUT2D eigenvalue weighted by molar-refractivity contribution is 0.197. The molecule has 0 unspecified atom stereocenters. The van der Waals surface area contributed by atoms with Gasteiger partial charge in [-0.3, -0.25) is 0 Å². The van der Waals surface area contributed by atoms with Crippen molar-refractivity contribution in [2.24, 2.45) is 5.92 Å². The van der Waals surface area contributed by atoms with E-state index in [2.05, 4.69) is 5.32 Å². The first-order valence-electron chi connectivity index (χ1n) is 9.03. The Hall–Kier alpha value is -2.49. The highest BCUT2D eigenvalue weighted by Crippen LogP contribution is 2.29. The van der Waals surface area contributed by atoms with Crippen LogP contribution in [0.1, 0.15) is 30.9 Å². The molecule has 0 radical (unpaired) electrons. The lowest BCUT2D eigenvalue weighted by Gasteiger charge is -2.21. The fourth-order valence-electron chi connectivity index (χ4n) is 2.70. The highest BCUT2D eigenvalue weighted by Gasteiger charge is 2.25. The molecule has 4 heteroatoms. The van der Waals surface area contributed by atoms with E-state index in [9.17, 15) is 4.79 Å². The number of rotatable bonds is 8. The summed E-state index contributed by atoms with van der Waals surface area (Å²) in [6.07, 6.45) is 2.52. The molecule has 2 aromatic rings. The van der Waals surface area contributed by atoms with Gasteiger partial charge in [0.25, 0.3) is 0 Å². The molecule has 0 atom stereocenters. The monoisotopic (exact) mass is 338 g/mol. The van der Waals surface area contributed by atoms with Crippen molar-refractivity contribution in [2.45, 2.75) is 32.9 Å². The van der Waals surface area contributed by atoms with Crippen molar-refractivity contribution in [2.75, 3.05) is 13.1 Å². The van der Waals surface area contributed by atoms with Crippen LogP contribution in [0.3, 0.4) is 0 Å². The van der Waals surface area contributed by atoms with E-state index in [1.54, 1.807) is 0 Å². The molecule has 1 aliphatic rings. The Morgan fingerprint density at radius 3 is 2.44 bits per heavy atom. The molecule has 3 rings (SSSR count). The van der Waals surface area contributed by atoms with Gasteiger partial charge in [-0.05, 0) is 48.9 Å².